The molecule has 0 heterocycles. The number of ether oxygens (including phenoxy) is 2. The Labute approximate surface area is 123 Å². The van der Waals surface area contributed by atoms with Gasteiger partial charge in [0.1, 0.15) is 0 Å². The van der Waals surface area contributed by atoms with E-state index in [1.807, 2.05) is 12.1 Å². The molecular weight excluding hydrogens is 250 g/mol. The third-order valence-electron chi connectivity index (χ3n) is 3.48. The van der Waals surface area contributed by atoms with Crippen LogP contribution in [0.25, 0.3) is 0 Å². The molecule has 0 saturated carbocycles. The fourth-order valence-corrected chi connectivity index (χ4v) is 2.25. The molecule has 1 aromatic rings. The largest absolute Gasteiger partial charge is 0.493 e. The van der Waals surface area contributed by atoms with E-state index >= 15 is 0 Å². The SMILES string of the molecule is CCCCCCCCNCc1ccc(OC)c(OC)c1. The van der Waals surface area contributed by atoms with E-state index in [-0.39, 0.29) is 0 Å². The summed E-state index contributed by atoms with van der Waals surface area (Å²) in [4.78, 5) is 0. The van der Waals surface area contributed by atoms with Crippen molar-refractivity contribution in [1.29, 1.82) is 0 Å². The maximum Gasteiger partial charge on any atom is 0.161 e. The zero-order valence-corrected chi connectivity index (χ0v) is 13.2. The van der Waals surface area contributed by atoms with Gasteiger partial charge in [-0.1, -0.05) is 45.1 Å². The predicted octanol–water partition coefficient (Wildman–Crippen LogP) is 4.15. The van der Waals surface area contributed by atoms with Crippen LogP contribution in [0.2, 0.25) is 0 Å². The molecule has 0 aliphatic heterocycles. The first-order chi connectivity index (χ1) is 9.81. The Kier molecular flexibility index (Phi) is 8.88. The van der Waals surface area contributed by atoms with Crippen molar-refractivity contribution in [3.63, 3.8) is 0 Å². The summed E-state index contributed by atoms with van der Waals surface area (Å²) in [6.07, 6.45) is 8.03. The van der Waals surface area contributed by atoms with Crippen LogP contribution in [0.5, 0.6) is 11.5 Å². The second kappa shape index (κ2) is 10.6. The number of nitrogens with one attached hydrogen (secondary N) is 1. The molecule has 20 heavy (non-hydrogen) atoms. The topological polar surface area (TPSA) is 30.5 Å². The van der Waals surface area contributed by atoms with E-state index in [9.17, 15) is 0 Å². The third kappa shape index (κ3) is 6.29. The van der Waals surface area contributed by atoms with Crippen molar-refractivity contribution in [2.45, 2.75) is 52.0 Å². The molecular formula is C17H29NO2. The molecule has 0 spiro atoms. The molecule has 0 aromatic heterocycles. The molecule has 3 heteroatoms. The summed E-state index contributed by atoms with van der Waals surface area (Å²) in [5.41, 5.74) is 1.23. The highest BCUT2D eigenvalue weighted by atomic mass is 16.5. The van der Waals surface area contributed by atoms with Gasteiger partial charge in [-0.2, -0.15) is 0 Å². The molecule has 1 aromatic carbocycles. The van der Waals surface area contributed by atoms with Crippen molar-refractivity contribution >= 4 is 0 Å². The lowest BCUT2D eigenvalue weighted by Gasteiger charge is -2.10. The number of unbranched alkanes of at least 4 members (excludes halogenated alkanes) is 5. The minimum absolute atomic E-state index is 0.784. The standard InChI is InChI=1S/C17H29NO2/c1-4-5-6-7-8-9-12-18-14-15-10-11-16(19-2)17(13-15)20-3/h10-11,13,18H,4-9,12,14H2,1-3H3. The summed E-state index contributed by atoms with van der Waals surface area (Å²) in [5.74, 6) is 1.58. The van der Waals surface area contributed by atoms with Crippen molar-refractivity contribution in [2.24, 2.45) is 0 Å². The van der Waals surface area contributed by atoms with Crippen LogP contribution in [-0.4, -0.2) is 20.8 Å². The molecule has 0 atom stereocenters. The Morgan fingerprint density at radius 1 is 0.900 bits per heavy atom. The first-order valence-electron chi connectivity index (χ1n) is 7.73. The Bertz CT molecular complexity index is 366. The minimum atomic E-state index is 0.784. The van der Waals surface area contributed by atoms with E-state index in [0.29, 0.717) is 0 Å². The van der Waals surface area contributed by atoms with E-state index in [1.165, 1.54) is 44.1 Å². The van der Waals surface area contributed by atoms with Gasteiger partial charge < -0.3 is 14.8 Å². The molecule has 3 nitrogen and oxygen atoms in total. The summed E-state index contributed by atoms with van der Waals surface area (Å²) in [6, 6.07) is 6.07. The number of methoxy groups -OCH3 is 2. The maximum atomic E-state index is 5.31. The highest BCUT2D eigenvalue weighted by Gasteiger charge is 2.03. The average molecular weight is 279 g/mol. The first kappa shape index (κ1) is 16.8. The van der Waals surface area contributed by atoms with Gasteiger partial charge in [0, 0.05) is 6.54 Å². The Balaban J connectivity index is 2.18. The monoisotopic (exact) mass is 279 g/mol. The number of benzene rings is 1. The van der Waals surface area contributed by atoms with E-state index in [4.69, 9.17) is 9.47 Å². The molecule has 0 amide bonds. The molecule has 0 bridgehead atoms. The van der Waals surface area contributed by atoms with Gasteiger partial charge in [0.15, 0.2) is 11.5 Å². The number of hydrogen-bond acceptors (Lipinski definition) is 3. The van der Waals surface area contributed by atoms with E-state index in [2.05, 4.69) is 18.3 Å². The number of rotatable bonds is 11. The van der Waals surface area contributed by atoms with Crippen molar-refractivity contribution in [2.75, 3.05) is 20.8 Å². The Morgan fingerprint density at radius 3 is 2.30 bits per heavy atom. The van der Waals surface area contributed by atoms with Crippen LogP contribution < -0.4 is 14.8 Å². The molecule has 114 valence electrons. The fraction of sp³-hybridized carbons (Fsp3) is 0.647. The summed E-state index contributed by atoms with van der Waals surface area (Å²) in [5, 5.41) is 3.48. The van der Waals surface area contributed by atoms with Crippen molar-refractivity contribution in [3.8, 4) is 11.5 Å². The van der Waals surface area contributed by atoms with Crippen LogP contribution in [0, 0.1) is 0 Å². The van der Waals surface area contributed by atoms with Gasteiger partial charge >= 0.3 is 0 Å². The van der Waals surface area contributed by atoms with Crippen LogP contribution in [-0.2, 0) is 6.54 Å². The molecule has 1 N–H and O–H groups in total. The summed E-state index contributed by atoms with van der Waals surface area (Å²) in [7, 11) is 3.33. The van der Waals surface area contributed by atoms with Crippen LogP contribution in [0.4, 0.5) is 0 Å². The first-order valence-corrected chi connectivity index (χ1v) is 7.73. The number of hydrogen-bond donors (Lipinski definition) is 1. The van der Waals surface area contributed by atoms with Crippen molar-refractivity contribution < 1.29 is 9.47 Å². The zero-order chi connectivity index (χ0) is 14.6. The highest BCUT2D eigenvalue weighted by Crippen LogP contribution is 2.27. The summed E-state index contributed by atoms with van der Waals surface area (Å²) < 4.78 is 10.5. The second-order valence-electron chi connectivity index (χ2n) is 5.13. The minimum Gasteiger partial charge on any atom is -0.493 e. The van der Waals surface area contributed by atoms with Crippen LogP contribution in [0.1, 0.15) is 51.0 Å². The quantitative estimate of drug-likeness (QED) is 0.617. The summed E-state index contributed by atoms with van der Waals surface area (Å²) >= 11 is 0. The van der Waals surface area contributed by atoms with Gasteiger partial charge in [-0.3, -0.25) is 0 Å². The molecule has 0 aliphatic rings. The Hall–Kier alpha value is -1.22. The predicted molar refractivity (Wildman–Crippen MR) is 84.6 cm³/mol. The van der Waals surface area contributed by atoms with Crippen LogP contribution in [0.3, 0.4) is 0 Å². The van der Waals surface area contributed by atoms with E-state index < -0.39 is 0 Å². The summed E-state index contributed by atoms with van der Waals surface area (Å²) in [6.45, 7) is 4.22. The zero-order valence-electron chi connectivity index (χ0n) is 13.2. The Morgan fingerprint density at radius 2 is 1.60 bits per heavy atom. The molecule has 0 unspecified atom stereocenters. The molecule has 0 saturated heterocycles. The molecule has 0 fully saturated rings. The van der Waals surface area contributed by atoms with E-state index in [0.717, 1.165) is 24.6 Å². The fourth-order valence-electron chi connectivity index (χ4n) is 2.25. The van der Waals surface area contributed by atoms with Crippen LogP contribution >= 0.6 is 0 Å². The average Bonchev–Trinajstić information content (AvgIpc) is 2.49. The van der Waals surface area contributed by atoms with E-state index in [1.54, 1.807) is 14.2 Å². The van der Waals surface area contributed by atoms with Crippen molar-refractivity contribution in [1.82, 2.24) is 5.32 Å². The lowest BCUT2D eigenvalue weighted by Crippen LogP contribution is -2.14. The highest BCUT2D eigenvalue weighted by molar-refractivity contribution is 5.42. The van der Waals surface area contributed by atoms with Gasteiger partial charge in [-0.25, -0.2) is 0 Å². The van der Waals surface area contributed by atoms with Gasteiger partial charge in [0.25, 0.3) is 0 Å². The lowest BCUT2D eigenvalue weighted by molar-refractivity contribution is 0.354. The second-order valence-corrected chi connectivity index (χ2v) is 5.13. The molecule has 0 aliphatic carbocycles. The van der Waals surface area contributed by atoms with Gasteiger partial charge in [-0.05, 0) is 30.7 Å². The third-order valence-corrected chi connectivity index (χ3v) is 3.48. The van der Waals surface area contributed by atoms with Gasteiger partial charge in [-0.15, -0.1) is 0 Å². The maximum absolute atomic E-state index is 5.31. The smallest absolute Gasteiger partial charge is 0.161 e. The normalized spacial score (nSPS) is 10.6. The lowest BCUT2D eigenvalue weighted by atomic mass is 10.1. The van der Waals surface area contributed by atoms with Gasteiger partial charge in [0.05, 0.1) is 14.2 Å². The molecule has 0 radical (unpaired) electrons. The van der Waals surface area contributed by atoms with Crippen molar-refractivity contribution in [3.05, 3.63) is 23.8 Å². The van der Waals surface area contributed by atoms with Gasteiger partial charge in [0.2, 0.25) is 0 Å². The van der Waals surface area contributed by atoms with Crippen LogP contribution in [0.15, 0.2) is 18.2 Å². The molecule has 1 rings (SSSR count).